The second-order valence-corrected chi connectivity index (χ2v) is 13.8. The van der Waals surface area contributed by atoms with Crippen LogP contribution in [0.5, 0.6) is 0 Å². The molecule has 5 aliphatic carbocycles. The Bertz CT molecular complexity index is 1440. The molecule has 3 amide bonds. The number of fused-ring (bicyclic) bond motifs is 1. The first-order valence-corrected chi connectivity index (χ1v) is 15.6. The van der Waals surface area contributed by atoms with Crippen LogP contribution in [0.4, 0.5) is 5.69 Å². The molecule has 9 heteroatoms. The molecule has 9 nitrogen and oxygen atoms in total. The van der Waals surface area contributed by atoms with Crippen LogP contribution < -0.4 is 21.5 Å². The van der Waals surface area contributed by atoms with Crippen LogP contribution in [-0.4, -0.2) is 39.4 Å². The minimum absolute atomic E-state index is 0.0142. The first kappa shape index (κ1) is 26.7. The van der Waals surface area contributed by atoms with Crippen molar-refractivity contribution in [2.24, 2.45) is 35.3 Å². The van der Waals surface area contributed by atoms with Gasteiger partial charge in [0.25, 0.3) is 5.56 Å². The Morgan fingerprint density at radius 2 is 1.68 bits per heavy atom. The Morgan fingerprint density at radius 3 is 2.29 bits per heavy atom. The summed E-state index contributed by atoms with van der Waals surface area (Å²) in [6, 6.07) is 5.25. The summed E-state index contributed by atoms with van der Waals surface area (Å²) in [4.78, 5) is 58.5. The maximum atomic E-state index is 14.4. The highest BCUT2D eigenvalue weighted by molar-refractivity contribution is 6.00. The fraction of sp³-hybridized carbons (Fsp3) is 0.656. The molecule has 3 N–H and O–H groups in total. The number of carbonyl (C=O) groups excluding carboxylic acids is 3. The Labute approximate surface area is 240 Å². The molecule has 218 valence electrons. The smallest absolute Gasteiger partial charge is 0.264 e. The zero-order chi connectivity index (χ0) is 28.5. The van der Waals surface area contributed by atoms with Gasteiger partial charge in [0, 0.05) is 24.4 Å². The molecule has 1 aliphatic heterocycles. The van der Waals surface area contributed by atoms with Crippen LogP contribution in [0.3, 0.4) is 0 Å². The normalized spacial score (nSPS) is 34.6. The van der Waals surface area contributed by atoms with Crippen molar-refractivity contribution in [3.63, 3.8) is 0 Å². The number of hydrogen-bond donors (Lipinski definition) is 2. The zero-order valence-electron chi connectivity index (χ0n) is 23.9. The van der Waals surface area contributed by atoms with Gasteiger partial charge in [-0.05, 0) is 113 Å². The van der Waals surface area contributed by atoms with Gasteiger partial charge in [-0.2, -0.15) is 0 Å². The fourth-order valence-electron chi connectivity index (χ4n) is 9.69. The lowest BCUT2D eigenvalue weighted by Gasteiger charge is -2.61. The minimum atomic E-state index is -0.748. The van der Waals surface area contributed by atoms with E-state index in [1.165, 1.54) is 23.8 Å². The second-order valence-electron chi connectivity index (χ2n) is 13.8. The summed E-state index contributed by atoms with van der Waals surface area (Å²) < 4.78 is 1.52. The number of imide groups is 1. The van der Waals surface area contributed by atoms with Gasteiger partial charge in [-0.3, -0.25) is 29.1 Å². The lowest BCUT2D eigenvalue weighted by atomic mass is 9.52. The SMILES string of the molecule is Cc1nc2cccc(N(CC3CCC(C(N)=O)CC3)C34CC5CC(CC(C5)C3)C4)c2c(=O)n1C1CCC(=O)NC1=O. The first-order chi connectivity index (χ1) is 19.7. The predicted molar refractivity (Wildman–Crippen MR) is 155 cm³/mol. The molecular formula is C32H41N5O4. The van der Waals surface area contributed by atoms with Crippen LogP contribution in [0, 0.1) is 36.5 Å². The Morgan fingerprint density at radius 1 is 1.02 bits per heavy atom. The van der Waals surface area contributed by atoms with Crippen LogP contribution in [-0.2, 0) is 14.4 Å². The second kappa shape index (κ2) is 9.95. The molecule has 0 radical (unpaired) electrons. The molecule has 2 aromatic rings. The van der Waals surface area contributed by atoms with Gasteiger partial charge in [0.1, 0.15) is 11.9 Å². The molecule has 1 aromatic carbocycles. The minimum Gasteiger partial charge on any atom is -0.369 e. The highest BCUT2D eigenvalue weighted by atomic mass is 16.2. The van der Waals surface area contributed by atoms with Crippen LogP contribution in [0.15, 0.2) is 23.0 Å². The van der Waals surface area contributed by atoms with E-state index >= 15 is 0 Å². The number of aryl methyl sites for hydroxylation is 1. The van der Waals surface area contributed by atoms with Crippen molar-refractivity contribution in [2.45, 2.75) is 95.6 Å². The van der Waals surface area contributed by atoms with Gasteiger partial charge in [0.05, 0.1) is 16.6 Å². The largest absolute Gasteiger partial charge is 0.369 e. The summed E-state index contributed by atoms with van der Waals surface area (Å²) in [5.41, 5.74) is 7.05. The third-order valence-corrected chi connectivity index (χ3v) is 11.2. The van der Waals surface area contributed by atoms with E-state index in [0.717, 1.165) is 74.9 Å². The number of hydrogen-bond acceptors (Lipinski definition) is 6. The van der Waals surface area contributed by atoms with Crippen molar-refractivity contribution in [2.75, 3.05) is 11.4 Å². The summed E-state index contributed by atoms with van der Waals surface area (Å²) in [5, 5.41) is 2.99. The Balaban J connectivity index is 1.33. The monoisotopic (exact) mass is 559 g/mol. The highest BCUT2D eigenvalue weighted by Crippen LogP contribution is 2.59. The molecule has 8 rings (SSSR count). The number of amides is 3. The average molecular weight is 560 g/mol. The van der Waals surface area contributed by atoms with Gasteiger partial charge < -0.3 is 10.6 Å². The number of nitrogens with one attached hydrogen (secondary N) is 1. The number of aromatic nitrogens is 2. The number of primary amides is 1. The number of anilines is 1. The van der Waals surface area contributed by atoms with Crippen molar-refractivity contribution in [3.8, 4) is 0 Å². The number of piperidine rings is 1. The molecule has 1 aromatic heterocycles. The molecule has 5 saturated carbocycles. The van der Waals surface area contributed by atoms with E-state index in [-0.39, 0.29) is 35.3 Å². The van der Waals surface area contributed by atoms with Crippen molar-refractivity contribution in [3.05, 3.63) is 34.4 Å². The van der Waals surface area contributed by atoms with E-state index < -0.39 is 11.9 Å². The number of nitrogens with zero attached hydrogens (tertiary/aromatic N) is 3. The molecule has 0 spiro atoms. The van der Waals surface area contributed by atoms with Crippen LogP contribution in [0.1, 0.15) is 88.9 Å². The van der Waals surface area contributed by atoms with Gasteiger partial charge in [-0.25, -0.2) is 4.98 Å². The molecule has 1 saturated heterocycles. The van der Waals surface area contributed by atoms with Gasteiger partial charge in [0.2, 0.25) is 17.7 Å². The molecule has 1 unspecified atom stereocenters. The third kappa shape index (κ3) is 4.56. The zero-order valence-corrected chi connectivity index (χ0v) is 23.9. The van der Waals surface area contributed by atoms with Crippen LogP contribution >= 0.6 is 0 Å². The van der Waals surface area contributed by atoms with Crippen molar-refractivity contribution in [1.82, 2.24) is 14.9 Å². The van der Waals surface area contributed by atoms with Crippen molar-refractivity contribution >= 4 is 34.3 Å². The Kier molecular flexibility index (Phi) is 6.47. The fourth-order valence-corrected chi connectivity index (χ4v) is 9.69. The standard InChI is InChI=1S/C32H41N5O4/c1-18-34-24-3-2-4-25(28(24)31(41)37(18)26-9-10-27(38)35-30(26)40)36(17-19-5-7-23(8-6-19)29(33)39)32-14-20-11-21(15-32)13-22(12-20)16-32/h2-4,19-23,26H,5-17H2,1H3,(H2,33,39)(H,35,38,40). The number of carbonyl (C=O) groups is 3. The maximum absolute atomic E-state index is 14.4. The van der Waals surface area contributed by atoms with E-state index in [1.54, 1.807) is 6.92 Å². The number of benzene rings is 1. The van der Waals surface area contributed by atoms with Gasteiger partial charge in [0.15, 0.2) is 0 Å². The summed E-state index contributed by atoms with van der Waals surface area (Å²) in [6.07, 6.45) is 11.5. The predicted octanol–water partition coefficient (Wildman–Crippen LogP) is 3.75. The lowest BCUT2D eigenvalue weighted by Crippen LogP contribution is -2.61. The van der Waals surface area contributed by atoms with Gasteiger partial charge >= 0.3 is 0 Å². The molecule has 6 fully saturated rings. The molecule has 41 heavy (non-hydrogen) atoms. The lowest BCUT2D eigenvalue weighted by molar-refractivity contribution is -0.135. The highest BCUT2D eigenvalue weighted by Gasteiger charge is 2.54. The maximum Gasteiger partial charge on any atom is 0.264 e. The Hall–Kier alpha value is -3.23. The average Bonchev–Trinajstić information content (AvgIpc) is 2.92. The van der Waals surface area contributed by atoms with Gasteiger partial charge in [-0.15, -0.1) is 0 Å². The van der Waals surface area contributed by atoms with E-state index in [0.29, 0.717) is 29.1 Å². The number of rotatable bonds is 6. The van der Waals surface area contributed by atoms with E-state index in [2.05, 4.69) is 16.3 Å². The summed E-state index contributed by atoms with van der Waals surface area (Å²) in [6.45, 7) is 2.62. The van der Waals surface area contributed by atoms with Gasteiger partial charge in [-0.1, -0.05) is 6.07 Å². The quantitative estimate of drug-likeness (QED) is 0.519. The van der Waals surface area contributed by atoms with E-state index in [1.807, 2.05) is 12.1 Å². The molecule has 6 aliphatic rings. The first-order valence-electron chi connectivity index (χ1n) is 15.6. The van der Waals surface area contributed by atoms with Crippen LogP contribution in [0.25, 0.3) is 10.9 Å². The molecule has 4 bridgehead atoms. The third-order valence-electron chi connectivity index (χ3n) is 11.2. The molecule has 2 heterocycles. The molecule has 1 atom stereocenters. The summed E-state index contributed by atoms with van der Waals surface area (Å²) in [7, 11) is 0. The topological polar surface area (TPSA) is 127 Å². The number of nitrogens with two attached hydrogens (primary N) is 1. The van der Waals surface area contributed by atoms with E-state index in [9.17, 15) is 19.2 Å². The van der Waals surface area contributed by atoms with Crippen molar-refractivity contribution < 1.29 is 14.4 Å². The van der Waals surface area contributed by atoms with Crippen LogP contribution in [0.2, 0.25) is 0 Å². The molecular weight excluding hydrogens is 518 g/mol. The van der Waals surface area contributed by atoms with E-state index in [4.69, 9.17) is 10.7 Å². The summed E-state index contributed by atoms with van der Waals surface area (Å²) >= 11 is 0. The summed E-state index contributed by atoms with van der Waals surface area (Å²) in [5.74, 6) is 2.17. The van der Waals surface area contributed by atoms with Crippen molar-refractivity contribution in [1.29, 1.82) is 0 Å².